The van der Waals surface area contributed by atoms with E-state index in [9.17, 15) is 9.18 Å². The number of hydrogen-bond acceptors (Lipinski definition) is 1. The van der Waals surface area contributed by atoms with E-state index in [2.05, 4.69) is 0 Å². The molecule has 1 aromatic carbocycles. The van der Waals surface area contributed by atoms with Gasteiger partial charge in [-0.05, 0) is 29.3 Å². The first-order chi connectivity index (χ1) is 7.56. The highest BCUT2D eigenvalue weighted by atomic mass is 35.5. The third-order valence-corrected chi connectivity index (χ3v) is 2.80. The molecule has 0 spiro atoms. The number of aromatic amines is 1. The van der Waals surface area contributed by atoms with Crippen molar-refractivity contribution in [2.75, 3.05) is 0 Å². The largest absolute Gasteiger partial charge is 0.299 e. The van der Waals surface area contributed by atoms with Crippen LogP contribution in [-0.4, -0.2) is 4.98 Å². The van der Waals surface area contributed by atoms with Gasteiger partial charge in [0.05, 0.1) is 10.0 Å². The van der Waals surface area contributed by atoms with Gasteiger partial charge in [0.25, 0.3) is 5.56 Å². The number of aromatic nitrogens is 1. The number of halogens is 3. The van der Waals surface area contributed by atoms with Gasteiger partial charge in [-0.2, -0.15) is 4.39 Å². The molecule has 0 aliphatic heterocycles. The number of pyridine rings is 1. The average molecular weight is 258 g/mol. The van der Waals surface area contributed by atoms with Crippen molar-refractivity contribution in [2.45, 2.75) is 0 Å². The summed E-state index contributed by atoms with van der Waals surface area (Å²) < 4.78 is 13.0. The van der Waals surface area contributed by atoms with E-state index in [-0.39, 0.29) is 0 Å². The van der Waals surface area contributed by atoms with Gasteiger partial charge in [0.2, 0.25) is 0 Å². The van der Waals surface area contributed by atoms with Gasteiger partial charge < -0.3 is 0 Å². The van der Waals surface area contributed by atoms with Crippen molar-refractivity contribution in [2.24, 2.45) is 0 Å². The average Bonchev–Trinajstić information content (AvgIpc) is 2.20. The van der Waals surface area contributed by atoms with Crippen molar-refractivity contribution in [1.82, 2.24) is 4.98 Å². The van der Waals surface area contributed by atoms with Crippen LogP contribution in [0.25, 0.3) is 11.1 Å². The van der Waals surface area contributed by atoms with Crippen LogP contribution in [-0.2, 0) is 0 Å². The van der Waals surface area contributed by atoms with E-state index in [1.54, 1.807) is 18.2 Å². The van der Waals surface area contributed by atoms with E-state index in [0.29, 0.717) is 21.2 Å². The van der Waals surface area contributed by atoms with Gasteiger partial charge in [0, 0.05) is 6.07 Å². The molecule has 5 heteroatoms. The molecule has 0 unspecified atom stereocenters. The van der Waals surface area contributed by atoms with Crippen LogP contribution in [0.3, 0.4) is 0 Å². The third kappa shape index (κ3) is 2.26. The quantitative estimate of drug-likeness (QED) is 0.780. The second-order valence-electron chi connectivity index (χ2n) is 3.21. The zero-order valence-corrected chi connectivity index (χ0v) is 9.44. The van der Waals surface area contributed by atoms with Gasteiger partial charge in [-0.1, -0.05) is 29.3 Å². The summed E-state index contributed by atoms with van der Waals surface area (Å²) in [6, 6.07) is 7.36. The molecular formula is C11H6Cl2FNO. The Kier molecular flexibility index (Phi) is 2.99. The minimum absolute atomic E-state index is 0.361. The van der Waals surface area contributed by atoms with Crippen LogP contribution < -0.4 is 5.56 Å². The summed E-state index contributed by atoms with van der Waals surface area (Å²) in [4.78, 5) is 13.1. The molecule has 0 atom stereocenters. The van der Waals surface area contributed by atoms with Crippen molar-refractivity contribution in [3.8, 4) is 11.1 Å². The summed E-state index contributed by atoms with van der Waals surface area (Å²) in [5.74, 6) is -0.687. The van der Waals surface area contributed by atoms with E-state index >= 15 is 0 Å². The first kappa shape index (κ1) is 11.2. The van der Waals surface area contributed by atoms with Crippen LogP contribution in [0.2, 0.25) is 10.0 Å². The van der Waals surface area contributed by atoms with Gasteiger partial charge in [-0.3, -0.25) is 9.78 Å². The zero-order valence-electron chi connectivity index (χ0n) is 7.93. The highest BCUT2D eigenvalue weighted by molar-refractivity contribution is 6.42. The highest BCUT2D eigenvalue weighted by Crippen LogP contribution is 2.27. The van der Waals surface area contributed by atoms with Crippen LogP contribution in [0.1, 0.15) is 0 Å². The highest BCUT2D eigenvalue weighted by Gasteiger charge is 2.04. The Morgan fingerprint density at radius 2 is 1.75 bits per heavy atom. The number of H-pyrrole nitrogens is 1. The SMILES string of the molecule is O=c1cc(-c2ccc(Cl)c(Cl)c2)cc(F)[nH]1. The second kappa shape index (κ2) is 4.28. The predicted molar refractivity (Wildman–Crippen MR) is 62.5 cm³/mol. The second-order valence-corrected chi connectivity index (χ2v) is 4.02. The summed E-state index contributed by atoms with van der Waals surface area (Å²) in [6.07, 6.45) is 0. The summed E-state index contributed by atoms with van der Waals surface area (Å²) in [6.45, 7) is 0. The molecule has 0 saturated carbocycles. The maximum atomic E-state index is 13.0. The molecule has 0 aliphatic carbocycles. The van der Waals surface area contributed by atoms with Gasteiger partial charge in [0.15, 0.2) is 5.95 Å². The van der Waals surface area contributed by atoms with Gasteiger partial charge in [-0.25, -0.2) is 0 Å². The lowest BCUT2D eigenvalue weighted by Crippen LogP contribution is -2.06. The fourth-order valence-corrected chi connectivity index (χ4v) is 1.65. The van der Waals surface area contributed by atoms with E-state index < -0.39 is 11.5 Å². The summed E-state index contributed by atoms with van der Waals surface area (Å²) >= 11 is 11.6. The lowest BCUT2D eigenvalue weighted by Gasteiger charge is -2.03. The van der Waals surface area contributed by atoms with Crippen LogP contribution in [0.15, 0.2) is 35.1 Å². The van der Waals surface area contributed by atoms with Crippen molar-refractivity contribution >= 4 is 23.2 Å². The Morgan fingerprint density at radius 3 is 2.38 bits per heavy atom. The minimum Gasteiger partial charge on any atom is -0.299 e. The van der Waals surface area contributed by atoms with E-state index in [4.69, 9.17) is 23.2 Å². The summed E-state index contributed by atoms with van der Waals surface area (Å²) in [7, 11) is 0. The standard InChI is InChI=1S/C11H6Cl2FNO/c12-8-2-1-6(3-9(8)13)7-4-10(14)15-11(16)5-7/h1-5H,(H,15,16). The topological polar surface area (TPSA) is 32.9 Å². The van der Waals surface area contributed by atoms with E-state index in [1.807, 2.05) is 4.98 Å². The van der Waals surface area contributed by atoms with Crippen molar-refractivity contribution in [3.63, 3.8) is 0 Å². The summed E-state index contributed by atoms with van der Waals surface area (Å²) in [5.41, 5.74) is 0.597. The van der Waals surface area contributed by atoms with Gasteiger partial charge in [0.1, 0.15) is 0 Å². The van der Waals surface area contributed by atoms with Crippen LogP contribution in [0.4, 0.5) is 4.39 Å². The van der Waals surface area contributed by atoms with Crippen molar-refractivity contribution in [1.29, 1.82) is 0 Å². The van der Waals surface area contributed by atoms with Crippen molar-refractivity contribution < 1.29 is 4.39 Å². The maximum absolute atomic E-state index is 13.0. The van der Waals surface area contributed by atoms with Crippen LogP contribution >= 0.6 is 23.2 Å². The Hall–Kier alpha value is -1.32. The molecule has 0 aliphatic rings. The minimum atomic E-state index is -0.687. The fraction of sp³-hybridized carbons (Fsp3) is 0. The van der Waals surface area contributed by atoms with Crippen LogP contribution in [0, 0.1) is 5.95 Å². The zero-order chi connectivity index (χ0) is 11.7. The molecule has 0 amide bonds. The van der Waals surface area contributed by atoms with Crippen molar-refractivity contribution in [3.05, 3.63) is 56.7 Å². The molecule has 2 rings (SSSR count). The molecule has 1 N–H and O–H groups in total. The Bertz CT molecular complexity index is 595. The fourth-order valence-electron chi connectivity index (χ4n) is 1.35. The van der Waals surface area contributed by atoms with E-state index in [0.717, 1.165) is 0 Å². The number of rotatable bonds is 1. The Balaban J connectivity index is 2.58. The number of benzene rings is 1. The molecule has 1 heterocycles. The third-order valence-electron chi connectivity index (χ3n) is 2.06. The first-order valence-corrected chi connectivity index (χ1v) is 5.17. The predicted octanol–water partition coefficient (Wildman–Crippen LogP) is 3.49. The Labute approximate surface area is 101 Å². The molecule has 82 valence electrons. The number of hydrogen-bond donors (Lipinski definition) is 1. The van der Waals surface area contributed by atoms with Gasteiger partial charge in [-0.15, -0.1) is 0 Å². The lowest BCUT2D eigenvalue weighted by molar-refractivity contribution is 0.580. The lowest BCUT2D eigenvalue weighted by atomic mass is 10.1. The monoisotopic (exact) mass is 257 g/mol. The molecule has 0 saturated heterocycles. The Morgan fingerprint density at radius 1 is 1.00 bits per heavy atom. The molecule has 0 radical (unpaired) electrons. The molecule has 0 bridgehead atoms. The maximum Gasteiger partial charge on any atom is 0.250 e. The molecule has 2 nitrogen and oxygen atoms in total. The molecule has 16 heavy (non-hydrogen) atoms. The van der Waals surface area contributed by atoms with Crippen LogP contribution in [0.5, 0.6) is 0 Å². The molecular weight excluding hydrogens is 252 g/mol. The normalized spacial score (nSPS) is 10.4. The summed E-state index contributed by atoms with van der Waals surface area (Å²) in [5, 5.41) is 0.774. The van der Waals surface area contributed by atoms with E-state index in [1.165, 1.54) is 12.1 Å². The smallest absolute Gasteiger partial charge is 0.250 e. The van der Waals surface area contributed by atoms with Gasteiger partial charge >= 0.3 is 0 Å². The number of nitrogens with one attached hydrogen (secondary N) is 1. The first-order valence-electron chi connectivity index (χ1n) is 4.41. The molecule has 2 aromatic rings. The molecule has 0 fully saturated rings. The molecule has 1 aromatic heterocycles.